The largest absolute Gasteiger partial charge is 0.462 e. The Morgan fingerprint density at radius 2 is 0.706 bits per heavy atom. The number of rotatable bonds is 53. The maximum Gasteiger partial charge on any atom is 0.306 e. The lowest BCUT2D eigenvalue weighted by Crippen LogP contribution is -2.30. The molecule has 9 heteroatoms. The molecule has 0 bridgehead atoms. The Bertz CT molecular complexity index is 1220. The highest BCUT2D eigenvalue weighted by atomic mass is 16.6. The first kappa shape index (κ1) is 65.1. The number of amides is 1. The predicted molar refractivity (Wildman–Crippen MR) is 287 cm³/mol. The van der Waals surface area contributed by atoms with Gasteiger partial charge in [-0.25, -0.2) is 0 Å². The van der Waals surface area contributed by atoms with E-state index in [-0.39, 0.29) is 37.0 Å². The highest BCUT2D eigenvalue weighted by Gasteiger charge is 2.19. The summed E-state index contributed by atoms with van der Waals surface area (Å²) in [6, 6.07) is 0. The highest BCUT2D eigenvalue weighted by Crippen LogP contribution is 2.16. The molecule has 0 fully saturated rings. The fraction of sp³-hybridized carbons (Fsp3) is 0.831. The monoisotopic (exact) mass is 957 g/mol. The Hall–Kier alpha value is -2.94. The summed E-state index contributed by atoms with van der Waals surface area (Å²) in [5.41, 5.74) is 5.42. The number of esters is 3. The van der Waals surface area contributed by atoms with Crippen molar-refractivity contribution in [3.8, 4) is 0 Å². The van der Waals surface area contributed by atoms with E-state index in [0.717, 1.165) is 122 Å². The molecule has 0 rings (SSSR count). The van der Waals surface area contributed by atoms with Crippen LogP contribution in [0.1, 0.15) is 284 Å². The number of carbonyl (C=O) groups is 4. The second kappa shape index (κ2) is 55.0. The Kier molecular flexibility index (Phi) is 52.6. The van der Waals surface area contributed by atoms with Gasteiger partial charge in [0.2, 0.25) is 5.91 Å². The van der Waals surface area contributed by atoms with Gasteiger partial charge in [0.1, 0.15) is 13.2 Å². The van der Waals surface area contributed by atoms with Gasteiger partial charge in [-0.3, -0.25) is 19.2 Å². The third-order valence-electron chi connectivity index (χ3n) is 12.6. The first-order valence-electron chi connectivity index (χ1n) is 28.8. The summed E-state index contributed by atoms with van der Waals surface area (Å²) in [5.74, 6) is -0.823. The number of carbonyl (C=O) groups excluding carboxylic acids is 4. The van der Waals surface area contributed by atoms with Crippen molar-refractivity contribution in [1.29, 1.82) is 0 Å². The number of allylic oxidation sites excluding steroid dienone is 6. The zero-order valence-corrected chi connectivity index (χ0v) is 44.5. The maximum absolute atomic E-state index is 12.8. The van der Waals surface area contributed by atoms with Gasteiger partial charge >= 0.3 is 17.9 Å². The van der Waals surface area contributed by atoms with Gasteiger partial charge in [-0.1, -0.05) is 211 Å². The Labute approximate surface area is 419 Å². The van der Waals surface area contributed by atoms with Crippen LogP contribution in [0.3, 0.4) is 0 Å². The molecule has 68 heavy (non-hydrogen) atoms. The molecular weight excluding hydrogens is 849 g/mol. The normalized spacial score (nSPS) is 12.1. The molecule has 0 aromatic carbocycles. The number of ether oxygens (including phenoxy) is 3. The van der Waals surface area contributed by atoms with E-state index >= 15 is 0 Å². The molecule has 0 aromatic rings. The summed E-state index contributed by atoms with van der Waals surface area (Å²) in [5, 5.41) is 2.82. The molecule has 1 unspecified atom stereocenters. The molecule has 1 atom stereocenters. The maximum atomic E-state index is 12.8. The zero-order chi connectivity index (χ0) is 49.5. The number of hydrogen-bond donors (Lipinski definition) is 2. The van der Waals surface area contributed by atoms with Gasteiger partial charge in [0.15, 0.2) is 6.10 Å². The van der Waals surface area contributed by atoms with Crippen LogP contribution in [0.4, 0.5) is 0 Å². The molecule has 0 aromatic heterocycles. The zero-order valence-electron chi connectivity index (χ0n) is 44.5. The number of unbranched alkanes of at least 4 members (excludes halogenated alkanes) is 32. The van der Waals surface area contributed by atoms with Crippen LogP contribution in [0.25, 0.3) is 0 Å². The molecule has 0 saturated heterocycles. The summed E-state index contributed by atoms with van der Waals surface area (Å²) in [6.07, 6.45) is 58.6. The average Bonchev–Trinajstić information content (AvgIpc) is 3.33. The smallest absolute Gasteiger partial charge is 0.306 e. The molecular formula is C59H108N2O7. The van der Waals surface area contributed by atoms with Gasteiger partial charge < -0.3 is 25.3 Å². The third-order valence-corrected chi connectivity index (χ3v) is 12.6. The van der Waals surface area contributed by atoms with Gasteiger partial charge in [0.05, 0.1) is 0 Å². The van der Waals surface area contributed by atoms with Crippen LogP contribution in [0, 0.1) is 0 Å². The van der Waals surface area contributed by atoms with Gasteiger partial charge in [-0.2, -0.15) is 0 Å². The minimum atomic E-state index is -0.797. The van der Waals surface area contributed by atoms with Crippen molar-refractivity contribution >= 4 is 23.8 Å². The molecule has 3 N–H and O–H groups in total. The van der Waals surface area contributed by atoms with Crippen LogP contribution < -0.4 is 11.1 Å². The van der Waals surface area contributed by atoms with E-state index in [9.17, 15) is 19.2 Å². The molecule has 0 radical (unpaired) electrons. The first-order chi connectivity index (χ1) is 33.4. The van der Waals surface area contributed by atoms with Crippen molar-refractivity contribution in [2.24, 2.45) is 5.73 Å². The fourth-order valence-electron chi connectivity index (χ4n) is 8.27. The Balaban J connectivity index is 4.37. The lowest BCUT2D eigenvalue weighted by atomic mass is 10.0. The summed E-state index contributed by atoms with van der Waals surface area (Å²) in [7, 11) is 0. The molecule has 0 aliphatic carbocycles. The van der Waals surface area contributed by atoms with E-state index in [2.05, 4.69) is 55.6 Å². The van der Waals surface area contributed by atoms with E-state index < -0.39 is 6.10 Å². The minimum Gasteiger partial charge on any atom is -0.462 e. The van der Waals surface area contributed by atoms with Crippen molar-refractivity contribution in [2.75, 3.05) is 26.3 Å². The van der Waals surface area contributed by atoms with E-state index in [1.165, 1.54) is 122 Å². The van der Waals surface area contributed by atoms with Crippen LogP contribution in [0.5, 0.6) is 0 Å². The fourth-order valence-corrected chi connectivity index (χ4v) is 8.27. The van der Waals surface area contributed by atoms with Gasteiger partial charge in [-0.05, 0) is 83.5 Å². The molecule has 9 nitrogen and oxygen atoms in total. The number of nitrogens with two attached hydrogens (primary N) is 1. The second-order valence-electron chi connectivity index (χ2n) is 19.4. The SMILES string of the molecule is CCCCCC=CCC=CCCCCCCCC(=O)OC(COC(=O)CCCCCCCC=CCCCCCCCC(=O)NCCN)COC(=O)CCCCCCCCCCCCCCCCC. The van der Waals surface area contributed by atoms with Crippen LogP contribution in [-0.2, 0) is 33.4 Å². The van der Waals surface area contributed by atoms with Crippen molar-refractivity contribution < 1.29 is 33.4 Å². The molecule has 0 heterocycles. The molecule has 396 valence electrons. The Morgan fingerprint density at radius 1 is 0.397 bits per heavy atom. The minimum absolute atomic E-state index is 0.0925. The van der Waals surface area contributed by atoms with Crippen LogP contribution in [0.2, 0.25) is 0 Å². The van der Waals surface area contributed by atoms with Gasteiger partial charge in [0.25, 0.3) is 0 Å². The van der Waals surface area contributed by atoms with E-state index in [4.69, 9.17) is 19.9 Å². The van der Waals surface area contributed by atoms with E-state index in [0.29, 0.717) is 38.8 Å². The molecule has 0 saturated carbocycles. The molecule has 0 spiro atoms. The lowest BCUT2D eigenvalue weighted by molar-refractivity contribution is -0.167. The standard InChI is InChI=1S/C59H108N2O7/c1-3-5-7-9-11-13-15-17-19-24-28-32-36-40-44-48-57(63)66-53-55(68-59(65)50-46-42-38-34-30-26-20-18-16-14-12-10-8-6-4-2)54-67-58(64)49-45-41-37-33-29-25-22-21-23-27-31-35-39-43-47-56(62)61-52-51-60/h12,14,18,20-22,55H,3-11,13,15-17,19,23-54,60H2,1-2H3,(H,61,62). The second-order valence-corrected chi connectivity index (χ2v) is 19.4. The van der Waals surface area contributed by atoms with Crippen molar-refractivity contribution in [3.05, 3.63) is 36.5 Å². The summed E-state index contributed by atoms with van der Waals surface area (Å²) < 4.78 is 16.8. The number of hydrogen-bond acceptors (Lipinski definition) is 8. The highest BCUT2D eigenvalue weighted by molar-refractivity contribution is 5.75. The Morgan fingerprint density at radius 3 is 1.10 bits per heavy atom. The summed E-state index contributed by atoms with van der Waals surface area (Å²) >= 11 is 0. The predicted octanol–water partition coefficient (Wildman–Crippen LogP) is 16.2. The topological polar surface area (TPSA) is 134 Å². The number of nitrogens with one attached hydrogen (secondary N) is 1. The van der Waals surface area contributed by atoms with E-state index in [1.807, 2.05) is 0 Å². The van der Waals surface area contributed by atoms with Gasteiger partial charge in [0, 0.05) is 38.8 Å². The van der Waals surface area contributed by atoms with Crippen LogP contribution >= 0.6 is 0 Å². The lowest BCUT2D eigenvalue weighted by Gasteiger charge is -2.18. The molecule has 0 aliphatic heterocycles. The molecule has 0 aliphatic rings. The van der Waals surface area contributed by atoms with Crippen LogP contribution in [0.15, 0.2) is 36.5 Å². The quantitative estimate of drug-likeness (QED) is 0.0266. The summed E-state index contributed by atoms with van der Waals surface area (Å²) in [6.45, 7) is 5.36. The van der Waals surface area contributed by atoms with Gasteiger partial charge in [-0.15, -0.1) is 0 Å². The average molecular weight is 958 g/mol. The van der Waals surface area contributed by atoms with E-state index in [1.54, 1.807) is 0 Å². The summed E-state index contributed by atoms with van der Waals surface area (Å²) in [4.78, 5) is 49.8. The van der Waals surface area contributed by atoms with Crippen LogP contribution in [-0.4, -0.2) is 56.2 Å². The first-order valence-corrected chi connectivity index (χ1v) is 28.8. The molecule has 1 amide bonds. The van der Waals surface area contributed by atoms with Crippen molar-refractivity contribution in [2.45, 2.75) is 290 Å². The van der Waals surface area contributed by atoms with Crippen molar-refractivity contribution in [1.82, 2.24) is 5.32 Å². The third kappa shape index (κ3) is 52.4. The van der Waals surface area contributed by atoms with Crippen molar-refractivity contribution in [3.63, 3.8) is 0 Å².